The number of rotatable bonds is 6. The Bertz CT molecular complexity index is 1080. The molecule has 5 rings (SSSR count). The molecule has 0 aliphatic carbocycles. The zero-order valence-corrected chi connectivity index (χ0v) is 20.3. The average molecular weight is 462 g/mol. The van der Waals surface area contributed by atoms with Crippen LogP contribution in [0.1, 0.15) is 29.8 Å². The van der Waals surface area contributed by atoms with Crippen LogP contribution in [0.15, 0.2) is 42.7 Å². The SMILES string of the molecule is Cc1nn(-c2ccccc2)c(C)c1CN1CCN(c2nccnc2N2CCC(CO)CC2)CC1. The Morgan fingerprint density at radius 1 is 0.853 bits per heavy atom. The van der Waals surface area contributed by atoms with Gasteiger partial charge in [0.15, 0.2) is 11.6 Å². The van der Waals surface area contributed by atoms with Gasteiger partial charge in [-0.3, -0.25) is 4.90 Å². The molecule has 8 nitrogen and oxygen atoms in total. The Kier molecular flexibility index (Phi) is 6.78. The third-order valence-corrected chi connectivity index (χ3v) is 7.33. The second kappa shape index (κ2) is 10.1. The molecule has 2 fully saturated rings. The molecule has 0 radical (unpaired) electrons. The van der Waals surface area contributed by atoms with Gasteiger partial charge in [0.1, 0.15) is 0 Å². The van der Waals surface area contributed by atoms with Gasteiger partial charge in [0.05, 0.1) is 11.4 Å². The number of hydrogen-bond acceptors (Lipinski definition) is 7. The van der Waals surface area contributed by atoms with Gasteiger partial charge in [-0.05, 0) is 44.7 Å². The summed E-state index contributed by atoms with van der Waals surface area (Å²) in [5.74, 6) is 2.40. The molecular formula is C26H35N7O. The van der Waals surface area contributed by atoms with Crippen molar-refractivity contribution in [3.63, 3.8) is 0 Å². The van der Waals surface area contributed by atoms with Gasteiger partial charge in [-0.1, -0.05) is 18.2 Å². The second-order valence-electron chi connectivity index (χ2n) is 9.48. The normalized spacial score (nSPS) is 18.0. The highest BCUT2D eigenvalue weighted by molar-refractivity contribution is 5.62. The maximum absolute atomic E-state index is 9.47. The monoisotopic (exact) mass is 461 g/mol. The molecule has 0 amide bonds. The number of aliphatic hydroxyl groups is 1. The van der Waals surface area contributed by atoms with E-state index in [1.165, 1.54) is 11.3 Å². The minimum Gasteiger partial charge on any atom is -0.396 e. The van der Waals surface area contributed by atoms with Crippen LogP contribution in [0.5, 0.6) is 0 Å². The first-order valence-electron chi connectivity index (χ1n) is 12.4. The van der Waals surface area contributed by atoms with Crippen LogP contribution in [0.3, 0.4) is 0 Å². The number of para-hydroxylation sites is 1. The lowest BCUT2D eigenvalue weighted by Crippen LogP contribution is -2.47. The predicted octanol–water partition coefficient (Wildman–Crippen LogP) is 2.81. The number of piperidine rings is 1. The average Bonchev–Trinajstić information content (AvgIpc) is 3.18. The summed E-state index contributed by atoms with van der Waals surface area (Å²) in [4.78, 5) is 16.7. The van der Waals surface area contributed by atoms with Crippen molar-refractivity contribution in [1.29, 1.82) is 0 Å². The van der Waals surface area contributed by atoms with Crippen LogP contribution in [-0.4, -0.2) is 75.6 Å². The predicted molar refractivity (Wildman–Crippen MR) is 135 cm³/mol. The molecule has 1 aromatic carbocycles. The number of nitrogens with zero attached hydrogens (tertiary/aromatic N) is 7. The smallest absolute Gasteiger partial charge is 0.172 e. The summed E-state index contributed by atoms with van der Waals surface area (Å²) in [5, 5.41) is 14.3. The lowest BCUT2D eigenvalue weighted by Gasteiger charge is -2.38. The maximum Gasteiger partial charge on any atom is 0.172 e. The van der Waals surface area contributed by atoms with Crippen LogP contribution in [0, 0.1) is 19.8 Å². The first kappa shape index (κ1) is 22.8. The van der Waals surface area contributed by atoms with Gasteiger partial charge in [0, 0.05) is 76.1 Å². The molecule has 0 atom stereocenters. The molecule has 0 bridgehead atoms. The van der Waals surface area contributed by atoms with E-state index in [-0.39, 0.29) is 6.61 Å². The van der Waals surface area contributed by atoms with E-state index in [1.807, 2.05) is 6.07 Å². The highest BCUT2D eigenvalue weighted by Crippen LogP contribution is 2.29. The molecule has 180 valence electrons. The van der Waals surface area contributed by atoms with E-state index in [0.29, 0.717) is 5.92 Å². The summed E-state index contributed by atoms with van der Waals surface area (Å²) in [6.07, 6.45) is 5.62. The Hall–Kier alpha value is -2.97. The van der Waals surface area contributed by atoms with Crippen molar-refractivity contribution in [3.05, 3.63) is 59.7 Å². The summed E-state index contributed by atoms with van der Waals surface area (Å²) >= 11 is 0. The molecule has 0 spiro atoms. The van der Waals surface area contributed by atoms with E-state index in [9.17, 15) is 5.11 Å². The number of hydrogen-bond donors (Lipinski definition) is 1. The van der Waals surface area contributed by atoms with Crippen molar-refractivity contribution in [2.45, 2.75) is 33.2 Å². The van der Waals surface area contributed by atoms with Gasteiger partial charge < -0.3 is 14.9 Å². The largest absolute Gasteiger partial charge is 0.396 e. The number of piperazine rings is 1. The van der Waals surface area contributed by atoms with E-state index < -0.39 is 0 Å². The zero-order chi connectivity index (χ0) is 23.5. The Balaban J connectivity index is 1.24. The first-order valence-corrected chi connectivity index (χ1v) is 12.4. The van der Waals surface area contributed by atoms with Crippen molar-refractivity contribution >= 4 is 11.6 Å². The van der Waals surface area contributed by atoms with E-state index in [1.54, 1.807) is 12.4 Å². The maximum atomic E-state index is 9.47. The molecule has 2 aliphatic heterocycles. The first-order chi connectivity index (χ1) is 16.6. The molecule has 3 aromatic rings. The third kappa shape index (κ3) is 4.65. The van der Waals surface area contributed by atoms with Gasteiger partial charge in [0.2, 0.25) is 0 Å². The number of benzene rings is 1. The fraction of sp³-hybridized carbons (Fsp3) is 0.500. The quantitative estimate of drug-likeness (QED) is 0.605. The van der Waals surface area contributed by atoms with Crippen molar-refractivity contribution in [2.24, 2.45) is 5.92 Å². The van der Waals surface area contributed by atoms with Gasteiger partial charge in [0.25, 0.3) is 0 Å². The fourth-order valence-corrected chi connectivity index (χ4v) is 5.16. The van der Waals surface area contributed by atoms with Crippen molar-refractivity contribution < 1.29 is 5.11 Å². The van der Waals surface area contributed by atoms with Gasteiger partial charge >= 0.3 is 0 Å². The summed E-state index contributed by atoms with van der Waals surface area (Å²) in [5.41, 5.74) is 4.75. The summed E-state index contributed by atoms with van der Waals surface area (Å²) in [6, 6.07) is 10.4. The van der Waals surface area contributed by atoms with E-state index >= 15 is 0 Å². The molecular weight excluding hydrogens is 426 g/mol. The topological polar surface area (TPSA) is 73.6 Å². The Morgan fingerprint density at radius 3 is 2.09 bits per heavy atom. The van der Waals surface area contributed by atoms with Crippen LogP contribution in [0.25, 0.3) is 5.69 Å². The number of aromatic nitrogens is 4. The Morgan fingerprint density at radius 2 is 1.47 bits per heavy atom. The molecule has 1 N–H and O–H groups in total. The fourth-order valence-electron chi connectivity index (χ4n) is 5.16. The molecule has 34 heavy (non-hydrogen) atoms. The van der Waals surface area contributed by atoms with Crippen molar-refractivity contribution in [2.75, 3.05) is 55.7 Å². The minimum atomic E-state index is 0.284. The van der Waals surface area contributed by atoms with Crippen molar-refractivity contribution in [3.8, 4) is 5.69 Å². The third-order valence-electron chi connectivity index (χ3n) is 7.33. The molecule has 2 aromatic heterocycles. The van der Waals surface area contributed by atoms with Crippen LogP contribution in [0.4, 0.5) is 11.6 Å². The minimum absolute atomic E-state index is 0.284. The van der Waals surface area contributed by atoms with E-state index in [4.69, 9.17) is 15.1 Å². The van der Waals surface area contributed by atoms with Crippen LogP contribution < -0.4 is 9.80 Å². The molecule has 0 unspecified atom stereocenters. The highest BCUT2D eigenvalue weighted by Gasteiger charge is 2.27. The van der Waals surface area contributed by atoms with Crippen LogP contribution in [0.2, 0.25) is 0 Å². The van der Waals surface area contributed by atoms with Crippen LogP contribution in [-0.2, 0) is 6.54 Å². The second-order valence-corrected chi connectivity index (χ2v) is 9.48. The summed E-state index contributed by atoms with van der Waals surface area (Å²) in [6.45, 7) is 11.2. The summed E-state index contributed by atoms with van der Waals surface area (Å²) < 4.78 is 2.06. The standard InChI is InChI=1S/C26H35N7O/c1-20-24(21(2)33(29-20)23-6-4-3-5-7-23)18-30-14-16-32(17-15-30)26-25(27-10-11-28-26)31-12-8-22(19-34)9-13-31/h3-7,10-11,22,34H,8-9,12-19H2,1-2H3. The van der Waals surface area contributed by atoms with Crippen LogP contribution >= 0.6 is 0 Å². The number of aryl methyl sites for hydroxylation is 1. The van der Waals surface area contributed by atoms with E-state index in [0.717, 1.165) is 81.7 Å². The summed E-state index contributed by atoms with van der Waals surface area (Å²) in [7, 11) is 0. The lowest BCUT2D eigenvalue weighted by atomic mass is 9.98. The molecule has 0 saturated carbocycles. The van der Waals surface area contributed by atoms with Gasteiger partial charge in [-0.2, -0.15) is 5.10 Å². The molecule has 2 saturated heterocycles. The molecule has 4 heterocycles. The zero-order valence-electron chi connectivity index (χ0n) is 20.3. The molecule has 2 aliphatic rings. The lowest BCUT2D eigenvalue weighted by molar-refractivity contribution is 0.202. The van der Waals surface area contributed by atoms with Gasteiger partial charge in [-0.25, -0.2) is 14.6 Å². The van der Waals surface area contributed by atoms with Gasteiger partial charge in [-0.15, -0.1) is 0 Å². The number of anilines is 2. The van der Waals surface area contributed by atoms with E-state index in [2.05, 4.69) is 57.5 Å². The Labute approximate surface area is 201 Å². The van der Waals surface area contributed by atoms with Crippen molar-refractivity contribution in [1.82, 2.24) is 24.6 Å². The molecule has 8 heteroatoms. The highest BCUT2D eigenvalue weighted by atomic mass is 16.3. The number of aliphatic hydroxyl groups excluding tert-OH is 1.